The minimum absolute atomic E-state index is 0.312. The molecule has 0 aliphatic carbocycles. The van der Waals surface area contributed by atoms with Crippen LogP contribution in [-0.2, 0) is 9.53 Å². The van der Waals surface area contributed by atoms with Crippen molar-refractivity contribution in [1.29, 1.82) is 0 Å². The van der Waals surface area contributed by atoms with E-state index < -0.39 is 11.8 Å². The summed E-state index contributed by atoms with van der Waals surface area (Å²) in [6.45, 7) is 4.50. The van der Waals surface area contributed by atoms with Crippen molar-refractivity contribution in [3.63, 3.8) is 0 Å². The van der Waals surface area contributed by atoms with Crippen LogP contribution in [0.25, 0.3) is 0 Å². The van der Waals surface area contributed by atoms with E-state index in [0.29, 0.717) is 12.8 Å². The fourth-order valence-corrected chi connectivity index (χ4v) is 3.96. The molecule has 0 unspecified atom stereocenters. The van der Waals surface area contributed by atoms with E-state index in [4.69, 9.17) is 4.74 Å². The molecule has 1 amide bonds. The third-order valence-electron chi connectivity index (χ3n) is 5.79. The zero-order chi connectivity index (χ0) is 21.3. The van der Waals surface area contributed by atoms with Crippen molar-refractivity contribution in [3.05, 3.63) is 66.0 Å². The van der Waals surface area contributed by atoms with Crippen LogP contribution in [-0.4, -0.2) is 55.8 Å². The third-order valence-corrected chi connectivity index (χ3v) is 5.79. The predicted octanol–water partition coefficient (Wildman–Crippen LogP) is 3.24. The molecule has 7 heteroatoms. The van der Waals surface area contributed by atoms with E-state index in [1.54, 1.807) is 24.7 Å². The number of amides is 1. The first-order valence-electron chi connectivity index (χ1n) is 10.3. The van der Waals surface area contributed by atoms with Gasteiger partial charge in [-0.1, -0.05) is 30.3 Å². The van der Waals surface area contributed by atoms with Crippen LogP contribution in [0.15, 0.2) is 54.6 Å². The molecule has 1 heterocycles. The number of para-hydroxylation sites is 1. The van der Waals surface area contributed by atoms with E-state index in [1.807, 2.05) is 18.2 Å². The highest BCUT2D eigenvalue weighted by Crippen LogP contribution is 2.27. The van der Waals surface area contributed by atoms with Gasteiger partial charge in [0.2, 0.25) is 5.91 Å². The van der Waals surface area contributed by atoms with E-state index in [0.717, 1.165) is 38.3 Å². The van der Waals surface area contributed by atoms with Gasteiger partial charge in [-0.3, -0.25) is 14.9 Å². The summed E-state index contributed by atoms with van der Waals surface area (Å²) in [6, 6.07) is 16.5. The van der Waals surface area contributed by atoms with Gasteiger partial charge in [0.1, 0.15) is 5.82 Å². The Kier molecular flexibility index (Phi) is 8.19. The smallest absolute Gasteiger partial charge is 0.246 e. The maximum atomic E-state index is 13.2. The van der Waals surface area contributed by atoms with Crippen LogP contribution in [0.5, 0.6) is 0 Å². The Labute approximate surface area is 177 Å². The number of ether oxygens (including phenoxy) is 1. The van der Waals surface area contributed by atoms with Gasteiger partial charge in [0.25, 0.3) is 0 Å². The number of hydrogen-bond acceptors (Lipinski definition) is 5. The summed E-state index contributed by atoms with van der Waals surface area (Å²) in [7, 11) is 1.57. The second-order valence-electron chi connectivity index (χ2n) is 7.64. The largest absolute Gasteiger partial charge is 0.377 e. The maximum absolute atomic E-state index is 13.2. The van der Waals surface area contributed by atoms with E-state index in [9.17, 15) is 14.4 Å². The Balaban J connectivity index is 1.54. The zero-order valence-electron chi connectivity index (χ0n) is 17.3. The highest BCUT2D eigenvalue weighted by molar-refractivity contribution is 5.77. The Morgan fingerprint density at radius 3 is 2.37 bits per heavy atom. The van der Waals surface area contributed by atoms with E-state index in [-0.39, 0.29) is 11.9 Å². The van der Waals surface area contributed by atoms with Crippen molar-refractivity contribution in [3.8, 4) is 0 Å². The van der Waals surface area contributed by atoms with Crippen molar-refractivity contribution in [1.82, 2.24) is 10.4 Å². The highest BCUT2D eigenvalue weighted by atomic mass is 19.1. The van der Waals surface area contributed by atoms with Crippen molar-refractivity contribution >= 4 is 11.6 Å². The minimum Gasteiger partial charge on any atom is -0.377 e. The molecule has 1 aliphatic heterocycles. The Morgan fingerprint density at radius 1 is 1.10 bits per heavy atom. The van der Waals surface area contributed by atoms with Crippen molar-refractivity contribution < 1.29 is 19.1 Å². The number of rotatable bonds is 9. The molecule has 1 saturated heterocycles. The zero-order valence-corrected chi connectivity index (χ0v) is 17.3. The molecule has 0 aromatic heterocycles. The number of benzene rings is 2. The Morgan fingerprint density at radius 2 is 1.77 bits per heavy atom. The number of anilines is 1. The molecule has 1 fully saturated rings. The van der Waals surface area contributed by atoms with Gasteiger partial charge < -0.3 is 9.64 Å². The van der Waals surface area contributed by atoms with E-state index in [2.05, 4.69) is 21.9 Å². The number of carbonyl (C=O) groups excluding carboxylic acids is 1. The summed E-state index contributed by atoms with van der Waals surface area (Å²) in [5.41, 5.74) is 3.83. The molecule has 30 heavy (non-hydrogen) atoms. The monoisotopic (exact) mass is 415 g/mol. The SMILES string of the molecule is CO[C@H](C[C@H](CCN1CCN(c2ccccc2)CC1)C(=O)NO)c1ccc(F)cc1. The number of halogens is 1. The normalized spacial score (nSPS) is 16.8. The van der Waals surface area contributed by atoms with Gasteiger partial charge in [0, 0.05) is 44.9 Å². The lowest BCUT2D eigenvalue weighted by molar-refractivity contribution is -0.135. The molecule has 1 aliphatic rings. The van der Waals surface area contributed by atoms with Crippen LogP contribution >= 0.6 is 0 Å². The molecule has 2 aromatic carbocycles. The summed E-state index contributed by atoms with van der Waals surface area (Å²) < 4.78 is 18.8. The molecule has 2 atom stereocenters. The number of methoxy groups -OCH3 is 1. The van der Waals surface area contributed by atoms with Crippen LogP contribution < -0.4 is 10.4 Å². The standard InChI is InChI=1S/C23H30FN3O3/c1-30-22(18-7-9-20(24)10-8-18)17-19(23(28)25-29)11-12-26-13-15-27(16-14-26)21-5-3-2-4-6-21/h2-10,19,22,29H,11-17H2,1H3,(H,25,28)/t19-,22+/m0/s1. The summed E-state index contributed by atoms with van der Waals surface area (Å²) in [5, 5.41) is 9.19. The number of hydrogen-bond donors (Lipinski definition) is 2. The molecule has 162 valence electrons. The van der Waals surface area contributed by atoms with Crippen molar-refractivity contribution in [2.75, 3.05) is 44.7 Å². The summed E-state index contributed by atoms with van der Waals surface area (Å²) in [5.74, 6) is -1.13. The lowest BCUT2D eigenvalue weighted by atomic mass is 9.93. The molecule has 3 rings (SSSR count). The van der Waals surface area contributed by atoms with Crippen molar-refractivity contribution in [2.45, 2.75) is 18.9 Å². The molecule has 2 N–H and O–H groups in total. The summed E-state index contributed by atoms with van der Waals surface area (Å²) in [4.78, 5) is 17.0. The Hall–Kier alpha value is -2.48. The van der Waals surface area contributed by atoms with Gasteiger partial charge in [-0.15, -0.1) is 0 Å². The molecule has 6 nitrogen and oxygen atoms in total. The second-order valence-corrected chi connectivity index (χ2v) is 7.64. The molecular weight excluding hydrogens is 385 g/mol. The lowest BCUT2D eigenvalue weighted by Gasteiger charge is -2.36. The molecule has 2 aromatic rings. The molecule has 0 saturated carbocycles. The quantitative estimate of drug-likeness (QED) is 0.486. The van der Waals surface area contributed by atoms with Gasteiger partial charge in [0.05, 0.1) is 6.10 Å². The number of hydroxylamine groups is 1. The highest BCUT2D eigenvalue weighted by Gasteiger charge is 2.26. The average Bonchev–Trinajstić information content (AvgIpc) is 2.80. The van der Waals surface area contributed by atoms with Gasteiger partial charge in [-0.2, -0.15) is 0 Å². The van der Waals surface area contributed by atoms with E-state index in [1.165, 1.54) is 17.8 Å². The van der Waals surface area contributed by atoms with Crippen LogP contribution in [0, 0.1) is 11.7 Å². The summed E-state index contributed by atoms with van der Waals surface area (Å²) in [6.07, 6.45) is 0.680. The first-order valence-corrected chi connectivity index (χ1v) is 10.3. The first-order chi connectivity index (χ1) is 14.6. The fourth-order valence-electron chi connectivity index (χ4n) is 3.96. The maximum Gasteiger partial charge on any atom is 0.246 e. The fraction of sp³-hybridized carbons (Fsp3) is 0.435. The first kappa shape index (κ1) is 22.2. The number of piperazine rings is 1. The topological polar surface area (TPSA) is 65.0 Å². The van der Waals surface area contributed by atoms with Crippen LogP contribution in [0.1, 0.15) is 24.5 Å². The molecule has 0 radical (unpaired) electrons. The van der Waals surface area contributed by atoms with Gasteiger partial charge in [0.15, 0.2) is 0 Å². The van der Waals surface area contributed by atoms with Gasteiger partial charge >= 0.3 is 0 Å². The lowest BCUT2D eigenvalue weighted by Crippen LogP contribution is -2.47. The molecule has 0 bridgehead atoms. The van der Waals surface area contributed by atoms with Gasteiger partial charge in [-0.05, 0) is 49.2 Å². The summed E-state index contributed by atoms with van der Waals surface area (Å²) >= 11 is 0. The molecular formula is C23H30FN3O3. The minimum atomic E-state index is -0.415. The number of nitrogens with one attached hydrogen (secondary N) is 1. The van der Waals surface area contributed by atoms with Crippen LogP contribution in [0.4, 0.5) is 10.1 Å². The van der Waals surface area contributed by atoms with E-state index >= 15 is 0 Å². The second kappa shape index (κ2) is 11.1. The predicted molar refractivity (Wildman–Crippen MR) is 114 cm³/mol. The number of nitrogens with zero attached hydrogens (tertiary/aromatic N) is 2. The Bertz CT molecular complexity index is 780. The van der Waals surface area contributed by atoms with Crippen molar-refractivity contribution in [2.24, 2.45) is 5.92 Å². The van der Waals surface area contributed by atoms with Crippen LogP contribution in [0.3, 0.4) is 0 Å². The van der Waals surface area contributed by atoms with Gasteiger partial charge in [-0.25, -0.2) is 9.87 Å². The number of carbonyl (C=O) groups is 1. The molecule has 0 spiro atoms. The van der Waals surface area contributed by atoms with Crippen LogP contribution in [0.2, 0.25) is 0 Å². The third kappa shape index (κ3) is 6.01. The average molecular weight is 416 g/mol.